The van der Waals surface area contributed by atoms with Crippen molar-refractivity contribution in [2.45, 2.75) is 6.42 Å². The van der Waals surface area contributed by atoms with Gasteiger partial charge in [-0.05, 0) is 31.2 Å². The molecule has 15 heavy (non-hydrogen) atoms. The first-order valence-corrected chi connectivity index (χ1v) is 5.01. The largest absolute Gasteiger partial charge is 0.497 e. The summed E-state index contributed by atoms with van der Waals surface area (Å²) in [5, 5.41) is 0. The van der Waals surface area contributed by atoms with Gasteiger partial charge in [-0.3, -0.25) is 10.7 Å². The van der Waals surface area contributed by atoms with Gasteiger partial charge in [0.05, 0.1) is 13.8 Å². The van der Waals surface area contributed by atoms with Crippen LogP contribution in [0.3, 0.4) is 0 Å². The number of nitrogens with two attached hydrogens (primary N) is 1. The maximum Gasteiger partial charge on any atom is 0.119 e. The second kappa shape index (κ2) is 6.40. The predicted octanol–water partition coefficient (Wildman–Crippen LogP) is 0.590. The molecule has 0 saturated heterocycles. The number of rotatable bonds is 6. The molecule has 0 fully saturated rings. The molecule has 1 aromatic carbocycles. The van der Waals surface area contributed by atoms with Crippen LogP contribution in [-0.4, -0.2) is 32.3 Å². The highest BCUT2D eigenvalue weighted by Crippen LogP contribution is 2.12. The summed E-state index contributed by atoms with van der Waals surface area (Å²) in [6.07, 6.45) is 0.995. The maximum absolute atomic E-state index is 5.23. The number of hydrogen-bond acceptors (Lipinski definition) is 4. The molecule has 0 unspecified atom stereocenters. The number of methoxy groups -OCH3 is 1. The summed E-state index contributed by atoms with van der Waals surface area (Å²) in [6.45, 7) is 1.67. The van der Waals surface area contributed by atoms with Crippen molar-refractivity contribution >= 4 is 0 Å². The summed E-state index contributed by atoms with van der Waals surface area (Å²) >= 11 is 0. The van der Waals surface area contributed by atoms with E-state index in [-0.39, 0.29) is 0 Å². The van der Waals surface area contributed by atoms with Crippen LogP contribution in [0, 0.1) is 0 Å². The van der Waals surface area contributed by atoms with Crippen molar-refractivity contribution in [1.82, 2.24) is 10.3 Å². The minimum atomic E-state index is 0.698. The molecule has 0 spiro atoms. The van der Waals surface area contributed by atoms with Gasteiger partial charge in [-0.1, -0.05) is 12.1 Å². The summed E-state index contributed by atoms with van der Waals surface area (Å²) in [4.78, 5) is 2.12. The number of hydrazine groups is 1. The fourth-order valence-corrected chi connectivity index (χ4v) is 1.38. The van der Waals surface area contributed by atoms with Gasteiger partial charge >= 0.3 is 0 Å². The van der Waals surface area contributed by atoms with Gasteiger partial charge in [0.2, 0.25) is 0 Å². The molecule has 4 nitrogen and oxygen atoms in total. The van der Waals surface area contributed by atoms with Gasteiger partial charge in [0, 0.05) is 6.54 Å². The molecule has 1 rings (SSSR count). The van der Waals surface area contributed by atoms with E-state index in [9.17, 15) is 0 Å². The number of hydrogen-bond donors (Lipinski definition) is 2. The van der Waals surface area contributed by atoms with Crippen LogP contribution in [0.4, 0.5) is 0 Å². The Labute approximate surface area is 91.0 Å². The number of likely N-dealkylation sites (N-methyl/N-ethyl adjacent to an activating group) is 1. The van der Waals surface area contributed by atoms with E-state index in [0.717, 1.165) is 18.7 Å². The van der Waals surface area contributed by atoms with Gasteiger partial charge < -0.3 is 4.74 Å². The molecule has 0 aliphatic rings. The van der Waals surface area contributed by atoms with Crippen molar-refractivity contribution in [3.05, 3.63) is 29.8 Å². The van der Waals surface area contributed by atoms with Crippen LogP contribution in [0.2, 0.25) is 0 Å². The fraction of sp³-hybridized carbons (Fsp3) is 0.455. The molecule has 1 aromatic rings. The Hall–Kier alpha value is -1.10. The molecule has 84 valence electrons. The van der Waals surface area contributed by atoms with E-state index in [2.05, 4.69) is 22.5 Å². The molecule has 0 radical (unpaired) electrons. The topological polar surface area (TPSA) is 50.5 Å². The van der Waals surface area contributed by atoms with Gasteiger partial charge in [0.25, 0.3) is 0 Å². The van der Waals surface area contributed by atoms with Crippen LogP contribution in [-0.2, 0) is 6.42 Å². The molecular weight excluding hydrogens is 190 g/mol. The van der Waals surface area contributed by atoms with Crippen molar-refractivity contribution in [2.75, 3.05) is 27.4 Å². The average Bonchev–Trinajstić information content (AvgIpc) is 2.27. The molecule has 0 heterocycles. The van der Waals surface area contributed by atoms with Gasteiger partial charge in [-0.2, -0.15) is 0 Å². The average molecular weight is 209 g/mol. The van der Waals surface area contributed by atoms with Gasteiger partial charge in [-0.25, -0.2) is 5.43 Å². The number of nitrogens with one attached hydrogen (secondary N) is 1. The van der Waals surface area contributed by atoms with Crippen molar-refractivity contribution in [1.29, 1.82) is 0 Å². The van der Waals surface area contributed by atoms with E-state index in [0.29, 0.717) is 6.67 Å². The first kappa shape index (κ1) is 12.0. The van der Waals surface area contributed by atoms with E-state index < -0.39 is 0 Å². The van der Waals surface area contributed by atoms with Crippen LogP contribution in [0.5, 0.6) is 5.75 Å². The Morgan fingerprint density at radius 1 is 1.47 bits per heavy atom. The summed E-state index contributed by atoms with van der Waals surface area (Å²) in [7, 11) is 3.71. The quantitative estimate of drug-likeness (QED) is 0.409. The molecule has 3 N–H and O–H groups in total. The maximum atomic E-state index is 5.23. The third-order valence-electron chi connectivity index (χ3n) is 2.28. The lowest BCUT2D eigenvalue weighted by Gasteiger charge is -2.15. The molecule has 0 aromatic heterocycles. The normalized spacial score (nSPS) is 10.7. The predicted molar refractivity (Wildman–Crippen MR) is 61.5 cm³/mol. The van der Waals surface area contributed by atoms with Gasteiger partial charge in [-0.15, -0.1) is 0 Å². The Morgan fingerprint density at radius 3 is 2.93 bits per heavy atom. The number of ether oxygens (including phenoxy) is 1. The minimum absolute atomic E-state index is 0.698. The van der Waals surface area contributed by atoms with Crippen LogP contribution >= 0.6 is 0 Å². The minimum Gasteiger partial charge on any atom is -0.497 e. The molecular formula is C11H19N3O. The highest BCUT2D eigenvalue weighted by molar-refractivity contribution is 5.28. The lowest BCUT2D eigenvalue weighted by atomic mass is 10.1. The second-order valence-corrected chi connectivity index (χ2v) is 3.54. The molecule has 0 amide bonds. The highest BCUT2D eigenvalue weighted by atomic mass is 16.5. The lowest BCUT2D eigenvalue weighted by molar-refractivity contribution is 0.312. The van der Waals surface area contributed by atoms with Crippen molar-refractivity contribution < 1.29 is 4.74 Å². The van der Waals surface area contributed by atoms with Gasteiger partial charge in [0.1, 0.15) is 5.75 Å². The summed E-state index contributed by atoms with van der Waals surface area (Å²) in [6, 6.07) is 8.12. The Bertz CT molecular complexity index is 291. The van der Waals surface area contributed by atoms with E-state index in [4.69, 9.17) is 10.6 Å². The van der Waals surface area contributed by atoms with Crippen LogP contribution in [0.25, 0.3) is 0 Å². The zero-order chi connectivity index (χ0) is 11.1. The monoisotopic (exact) mass is 209 g/mol. The number of benzene rings is 1. The molecule has 0 atom stereocenters. The first-order chi connectivity index (χ1) is 7.26. The van der Waals surface area contributed by atoms with Crippen LogP contribution < -0.4 is 16.0 Å². The first-order valence-electron chi connectivity index (χ1n) is 5.01. The molecule has 0 aliphatic heterocycles. The van der Waals surface area contributed by atoms with Crippen LogP contribution in [0.15, 0.2) is 24.3 Å². The van der Waals surface area contributed by atoms with Crippen molar-refractivity contribution in [2.24, 2.45) is 5.84 Å². The van der Waals surface area contributed by atoms with E-state index in [1.54, 1.807) is 7.11 Å². The SMILES string of the molecule is COc1cccc(CCN(C)CNN)c1. The summed E-state index contributed by atoms with van der Waals surface area (Å²) in [5.41, 5.74) is 3.90. The molecule has 0 saturated carbocycles. The zero-order valence-corrected chi connectivity index (χ0v) is 9.36. The van der Waals surface area contributed by atoms with E-state index in [1.807, 2.05) is 19.2 Å². The van der Waals surface area contributed by atoms with E-state index in [1.165, 1.54) is 5.56 Å². The highest BCUT2D eigenvalue weighted by Gasteiger charge is 1.99. The van der Waals surface area contributed by atoms with Crippen LogP contribution in [0.1, 0.15) is 5.56 Å². The standard InChI is InChI=1S/C11H19N3O/c1-14(9-13-12)7-6-10-4-3-5-11(8-10)15-2/h3-5,8,13H,6-7,9,12H2,1-2H3. The molecule has 0 bridgehead atoms. The Morgan fingerprint density at radius 2 is 2.27 bits per heavy atom. The summed E-state index contributed by atoms with van der Waals surface area (Å²) in [5.74, 6) is 6.14. The lowest BCUT2D eigenvalue weighted by Crippen LogP contribution is -2.36. The molecule has 4 heteroatoms. The van der Waals surface area contributed by atoms with E-state index >= 15 is 0 Å². The number of nitrogens with zero attached hydrogens (tertiary/aromatic N) is 1. The fourth-order valence-electron chi connectivity index (χ4n) is 1.38. The van der Waals surface area contributed by atoms with Crippen molar-refractivity contribution in [3.8, 4) is 5.75 Å². The Kier molecular flexibility index (Phi) is 5.10. The summed E-state index contributed by atoms with van der Waals surface area (Å²) < 4.78 is 5.16. The molecule has 0 aliphatic carbocycles. The zero-order valence-electron chi connectivity index (χ0n) is 9.36. The third-order valence-corrected chi connectivity index (χ3v) is 2.28. The second-order valence-electron chi connectivity index (χ2n) is 3.54. The smallest absolute Gasteiger partial charge is 0.119 e. The third kappa shape index (κ3) is 4.29. The van der Waals surface area contributed by atoms with Crippen molar-refractivity contribution in [3.63, 3.8) is 0 Å². The Balaban J connectivity index is 2.43. The van der Waals surface area contributed by atoms with Gasteiger partial charge in [0.15, 0.2) is 0 Å².